The molecule has 7 heavy (non-hydrogen) atoms. The molecule has 0 rings (SSSR count). The minimum atomic E-state index is 0. The Hall–Kier alpha value is -0.367. The van der Waals surface area contributed by atoms with Crippen LogP contribution in [0.5, 0.6) is 0 Å². The van der Waals surface area contributed by atoms with Gasteiger partial charge in [-0.3, -0.25) is 0 Å². The monoisotopic (exact) mass is 192 g/mol. The summed E-state index contributed by atoms with van der Waals surface area (Å²) in [6.45, 7) is 6.00. The van der Waals surface area contributed by atoms with E-state index < -0.39 is 0 Å². The number of hydrogen-bond acceptors (Lipinski definition) is 3. The van der Waals surface area contributed by atoms with Crippen molar-refractivity contribution in [1.29, 1.82) is 0 Å². The van der Waals surface area contributed by atoms with Crippen LogP contribution in [0.2, 0.25) is 0 Å². The fraction of sp³-hybridized carbons (Fsp3) is 0. The van der Waals surface area contributed by atoms with Crippen molar-refractivity contribution in [3.8, 4) is 0 Å². The second-order valence-electron chi connectivity index (χ2n) is 0. The first-order valence-corrected chi connectivity index (χ1v) is 0.866. The standard InChI is InChI=1S/3CH2O.Ru/c3*1-2;/h3*1H2;. The molecule has 0 bridgehead atoms. The SMILES string of the molecule is C=O.C=O.C=O.[Ru]. The van der Waals surface area contributed by atoms with Gasteiger partial charge in [-0.25, -0.2) is 0 Å². The van der Waals surface area contributed by atoms with Gasteiger partial charge in [0.2, 0.25) is 0 Å². The fourth-order valence-corrected chi connectivity index (χ4v) is 0. The summed E-state index contributed by atoms with van der Waals surface area (Å²) in [5.41, 5.74) is 0. The van der Waals surface area contributed by atoms with Gasteiger partial charge in [-0.05, 0) is 0 Å². The number of carbonyl (C=O) groups excluding carboxylic acids is 3. The maximum Gasteiger partial charge on any atom is 0.106 e. The fourth-order valence-electron chi connectivity index (χ4n) is 0. The Morgan fingerprint density at radius 1 is 0.571 bits per heavy atom. The van der Waals surface area contributed by atoms with Gasteiger partial charge in [0.25, 0.3) is 0 Å². The topological polar surface area (TPSA) is 51.2 Å². The van der Waals surface area contributed by atoms with E-state index >= 15 is 0 Å². The maximum atomic E-state index is 8.00. The Labute approximate surface area is 54.8 Å². The molecule has 0 aromatic heterocycles. The molecule has 44 valence electrons. The average molecular weight is 191 g/mol. The van der Waals surface area contributed by atoms with Crippen molar-refractivity contribution < 1.29 is 33.9 Å². The van der Waals surface area contributed by atoms with E-state index in [-0.39, 0.29) is 19.5 Å². The summed E-state index contributed by atoms with van der Waals surface area (Å²) in [5.74, 6) is 0. The second-order valence-corrected chi connectivity index (χ2v) is 0. The molecule has 0 aromatic rings. The van der Waals surface area contributed by atoms with Crippen LogP contribution in [0.25, 0.3) is 0 Å². The second kappa shape index (κ2) is 900. The van der Waals surface area contributed by atoms with E-state index in [0.29, 0.717) is 0 Å². The van der Waals surface area contributed by atoms with E-state index in [4.69, 9.17) is 14.4 Å². The summed E-state index contributed by atoms with van der Waals surface area (Å²) in [7, 11) is 0. The number of rotatable bonds is 0. The number of carbonyl (C=O) groups is 3. The van der Waals surface area contributed by atoms with Gasteiger partial charge < -0.3 is 14.4 Å². The summed E-state index contributed by atoms with van der Waals surface area (Å²) in [6, 6.07) is 0. The van der Waals surface area contributed by atoms with Crippen LogP contribution in [0.1, 0.15) is 0 Å². The van der Waals surface area contributed by atoms with E-state index in [1.807, 2.05) is 20.4 Å². The zero-order chi connectivity index (χ0) is 6.00. The first kappa shape index (κ1) is 30.4. The summed E-state index contributed by atoms with van der Waals surface area (Å²) in [4.78, 5) is 24.0. The summed E-state index contributed by atoms with van der Waals surface area (Å²) in [6.07, 6.45) is 0. The summed E-state index contributed by atoms with van der Waals surface area (Å²) >= 11 is 0. The van der Waals surface area contributed by atoms with Crippen molar-refractivity contribution in [2.45, 2.75) is 0 Å². The third kappa shape index (κ3) is 553. The van der Waals surface area contributed by atoms with Crippen LogP contribution in [-0.4, -0.2) is 20.4 Å². The van der Waals surface area contributed by atoms with Gasteiger partial charge in [-0.2, -0.15) is 0 Å². The van der Waals surface area contributed by atoms with Crippen LogP contribution < -0.4 is 0 Å². The van der Waals surface area contributed by atoms with Gasteiger partial charge in [0, 0.05) is 19.5 Å². The van der Waals surface area contributed by atoms with Crippen molar-refractivity contribution in [3.63, 3.8) is 0 Å². The Morgan fingerprint density at radius 2 is 0.571 bits per heavy atom. The Kier molecular flexibility index (Phi) is 3900. The van der Waals surface area contributed by atoms with Gasteiger partial charge in [-0.1, -0.05) is 0 Å². The quantitative estimate of drug-likeness (QED) is 0.482. The van der Waals surface area contributed by atoms with E-state index in [2.05, 4.69) is 0 Å². The molecule has 0 saturated carbocycles. The van der Waals surface area contributed by atoms with Crippen LogP contribution in [0.15, 0.2) is 0 Å². The molecule has 0 fully saturated rings. The molecule has 0 saturated heterocycles. The van der Waals surface area contributed by atoms with Gasteiger partial charge in [0.1, 0.15) is 20.4 Å². The minimum Gasteiger partial charge on any atom is -0.307 e. The summed E-state index contributed by atoms with van der Waals surface area (Å²) in [5, 5.41) is 0. The molecule has 0 aliphatic rings. The molecule has 0 N–H and O–H groups in total. The molecule has 0 atom stereocenters. The molecule has 0 aliphatic heterocycles. The Morgan fingerprint density at radius 3 is 0.571 bits per heavy atom. The Balaban J connectivity index is -0.00000000900. The van der Waals surface area contributed by atoms with E-state index in [0.717, 1.165) is 0 Å². The Bertz CT molecular complexity index is 14.9. The number of hydrogen-bond donors (Lipinski definition) is 0. The predicted octanol–water partition coefficient (Wildman–Crippen LogP) is -0.557. The molecule has 0 amide bonds. The molecule has 0 heterocycles. The first-order chi connectivity index (χ1) is 3.00. The van der Waals surface area contributed by atoms with E-state index in [9.17, 15) is 0 Å². The molecule has 0 unspecified atom stereocenters. The van der Waals surface area contributed by atoms with Gasteiger partial charge in [-0.15, -0.1) is 0 Å². The van der Waals surface area contributed by atoms with Crippen LogP contribution in [0, 0.1) is 0 Å². The van der Waals surface area contributed by atoms with Crippen molar-refractivity contribution in [2.75, 3.05) is 0 Å². The molecular weight excluding hydrogens is 185 g/mol. The van der Waals surface area contributed by atoms with Crippen LogP contribution in [0.3, 0.4) is 0 Å². The van der Waals surface area contributed by atoms with Crippen molar-refractivity contribution in [3.05, 3.63) is 0 Å². The van der Waals surface area contributed by atoms with Crippen molar-refractivity contribution in [2.24, 2.45) is 0 Å². The third-order valence-electron chi connectivity index (χ3n) is 0. The predicted molar refractivity (Wildman–Crippen MR) is 21.4 cm³/mol. The van der Waals surface area contributed by atoms with Crippen molar-refractivity contribution >= 4 is 20.4 Å². The minimum absolute atomic E-state index is 0. The molecule has 4 heteroatoms. The average Bonchev–Trinajstić information content (AvgIpc) is 1.81. The van der Waals surface area contributed by atoms with Crippen molar-refractivity contribution in [1.82, 2.24) is 0 Å². The summed E-state index contributed by atoms with van der Waals surface area (Å²) < 4.78 is 0. The van der Waals surface area contributed by atoms with E-state index in [1.165, 1.54) is 0 Å². The molecule has 0 spiro atoms. The molecule has 3 nitrogen and oxygen atoms in total. The van der Waals surface area contributed by atoms with E-state index in [1.54, 1.807) is 0 Å². The van der Waals surface area contributed by atoms with Gasteiger partial charge in [0.05, 0.1) is 0 Å². The molecule has 0 aromatic carbocycles. The first-order valence-electron chi connectivity index (χ1n) is 0.866. The largest absolute Gasteiger partial charge is 0.307 e. The van der Waals surface area contributed by atoms with Gasteiger partial charge >= 0.3 is 0 Å². The smallest absolute Gasteiger partial charge is 0.106 e. The van der Waals surface area contributed by atoms with Crippen LogP contribution >= 0.6 is 0 Å². The third-order valence-corrected chi connectivity index (χ3v) is 0. The maximum absolute atomic E-state index is 8.00. The zero-order valence-corrected chi connectivity index (χ0v) is 5.44. The van der Waals surface area contributed by atoms with Gasteiger partial charge in [0.15, 0.2) is 0 Å². The van der Waals surface area contributed by atoms with Crippen LogP contribution in [0.4, 0.5) is 0 Å². The normalized spacial score (nSPS) is 1.71. The van der Waals surface area contributed by atoms with Crippen LogP contribution in [-0.2, 0) is 33.9 Å². The molecule has 0 radical (unpaired) electrons. The molecular formula is C3H6O3Ru. The zero-order valence-electron chi connectivity index (χ0n) is 3.70. The molecule has 0 aliphatic carbocycles.